The lowest BCUT2D eigenvalue weighted by atomic mass is 10.1. The van der Waals surface area contributed by atoms with Crippen LogP contribution in [0.3, 0.4) is 0 Å². The highest BCUT2D eigenvalue weighted by atomic mass is 15.0. The average Bonchev–Trinajstić information content (AvgIpc) is 2.06. The Morgan fingerprint density at radius 1 is 1.55 bits per heavy atom. The maximum absolute atomic E-state index is 4.21. The van der Waals surface area contributed by atoms with Crippen LogP contribution < -0.4 is 5.32 Å². The highest BCUT2D eigenvalue weighted by Crippen LogP contribution is 2.25. The summed E-state index contributed by atoms with van der Waals surface area (Å²) >= 11 is 0. The van der Waals surface area contributed by atoms with Crippen LogP contribution in [0.4, 0.5) is 5.69 Å². The Morgan fingerprint density at radius 3 is 3.27 bits per heavy atom. The molecular formula is C8H9N3. The van der Waals surface area contributed by atoms with Crippen LogP contribution in [0, 0.1) is 0 Å². The summed E-state index contributed by atoms with van der Waals surface area (Å²) in [5.74, 6) is 0. The maximum atomic E-state index is 4.21. The molecule has 1 aliphatic heterocycles. The summed E-state index contributed by atoms with van der Waals surface area (Å²) in [5.41, 5.74) is 2.28. The predicted molar refractivity (Wildman–Crippen MR) is 44.8 cm³/mol. The molecule has 0 radical (unpaired) electrons. The fraction of sp³-hybridized carbons (Fsp3) is 0.250. The van der Waals surface area contributed by atoms with Gasteiger partial charge in [0.2, 0.25) is 0 Å². The second-order valence-corrected chi connectivity index (χ2v) is 2.56. The average molecular weight is 147 g/mol. The lowest BCUT2D eigenvalue weighted by Gasteiger charge is -2.16. The van der Waals surface area contributed by atoms with E-state index in [1.54, 1.807) is 12.5 Å². The number of anilines is 1. The summed E-state index contributed by atoms with van der Waals surface area (Å²) in [5, 5.41) is 3.04. The standard InChI is InChI=1S/C8H9N3/c1-6-7-2-3-9-4-8(7)11-5-10-6/h2-6H,1H3,(H,10,11)/t6-/m1/s1. The third kappa shape index (κ3) is 0.981. The highest BCUT2D eigenvalue weighted by Gasteiger charge is 2.10. The van der Waals surface area contributed by atoms with Crippen molar-refractivity contribution in [3.63, 3.8) is 0 Å². The van der Waals surface area contributed by atoms with E-state index in [-0.39, 0.29) is 6.04 Å². The van der Waals surface area contributed by atoms with E-state index in [1.807, 2.05) is 12.3 Å². The molecule has 2 rings (SSSR count). The fourth-order valence-electron chi connectivity index (χ4n) is 1.19. The van der Waals surface area contributed by atoms with Crippen LogP contribution in [0.15, 0.2) is 23.5 Å². The zero-order chi connectivity index (χ0) is 7.68. The van der Waals surface area contributed by atoms with Crippen molar-refractivity contribution in [3.05, 3.63) is 24.0 Å². The quantitative estimate of drug-likeness (QED) is 0.605. The number of hydrogen-bond acceptors (Lipinski definition) is 3. The van der Waals surface area contributed by atoms with E-state index in [0.717, 1.165) is 5.69 Å². The van der Waals surface area contributed by atoms with Crippen LogP contribution in [-0.2, 0) is 0 Å². The third-order valence-electron chi connectivity index (χ3n) is 1.82. The number of hydrogen-bond donors (Lipinski definition) is 1. The molecule has 0 amide bonds. The van der Waals surface area contributed by atoms with Crippen molar-refractivity contribution < 1.29 is 0 Å². The van der Waals surface area contributed by atoms with Crippen LogP contribution >= 0.6 is 0 Å². The van der Waals surface area contributed by atoms with E-state index in [2.05, 4.69) is 22.2 Å². The zero-order valence-electron chi connectivity index (χ0n) is 6.28. The normalized spacial score (nSPS) is 20.6. The van der Waals surface area contributed by atoms with E-state index in [9.17, 15) is 0 Å². The van der Waals surface area contributed by atoms with Crippen molar-refractivity contribution in [2.75, 3.05) is 5.32 Å². The first kappa shape index (κ1) is 6.34. The summed E-state index contributed by atoms with van der Waals surface area (Å²) in [6.45, 7) is 2.07. The van der Waals surface area contributed by atoms with E-state index in [0.29, 0.717) is 0 Å². The number of nitrogens with zero attached hydrogens (tertiary/aromatic N) is 2. The summed E-state index contributed by atoms with van der Waals surface area (Å²) in [6, 6.07) is 2.25. The van der Waals surface area contributed by atoms with Gasteiger partial charge in [0.05, 0.1) is 24.3 Å². The van der Waals surface area contributed by atoms with Gasteiger partial charge in [-0.3, -0.25) is 9.98 Å². The number of pyridine rings is 1. The molecule has 0 bridgehead atoms. The molecule has 0 spiro atoms. The second-order valence-electron chi connectivity index (χ2n) is 2.56. The molecule has 1 aromatic rings. The number of aromatic nitrogens is 1. The van der Waals surface area contributed by atoms with Gasteiger partial charge < -0.3 is 5.32 Å². The first-order chi connectivity index (χ1) is 5.38. The molecule has 1 N–H and O–H groups in total. The fourth-order valence-corrected chi connectivity index (χ4v) is 1.19. The van der Waals surface area contributed by atoms with E-state index in [4.69, 9.17) is 0 Å². The minimum absolute atomic E-state index is 0.259. The Hall–Kier alpha value is -1.38. The van der Waals surface area contributed by atoms with E-state index >= 15 is 0 Å². The van der Waals surface area contributed by atoms with Gasteiger partial charge >= 0.3 is 0 Å². The number of aliphatic imine (C=N–C) groups is 1. The highest BCUT2D eigenvalue weighted by molar-refractivity contribution is 5.79. The van der Waals surface area contributed by atoms with Gasteiger partial charge in [0.25, 0.3) is 0 Å². The van der Waals surface area contributed by atoms with Crippen LogP contribution in [0.2, 0.25) is 0 Å². The van der Waals surface area contributed by atoms with Crippen molar-refractivity contribution in [2.24, 2.45) is 4.99 Å². The van der Waals surface area contributed by atoms with Crippen molar-refractivity contribution >= 4 is 12.0 Å². The second kappa shape index (κ2) is 2.34. The molecule has 0 unspecified atom stereocenters. The van der Waals surface area contributed by atoms with Crippen LogP contribution in [-0.4, -0.2) is 11.3 Å². The van der Waals surface area contributed by atoms with Crippen LogP contribution in [0.1, 0.15) is 18.5 Å². The van der Waals surface area contributed by atoms with Gasteiger partial charge in [-0.1, -0.05) is 0 Å². The van der Waals surface area contributed by atoms with Gasteiger partial charge in [-0.2, -0.15) is 0 Å². The van der Waals surface area contributed by atoms with Gasteiger partial charge in [-0.05, 0) is 13.0 Å². The Bertz CT molecular complexity index is 293. The number of rotatable bonds is 0. The first-order valence-corrected chi connectivity index (χ1v) is 3.60. The van der Waals surface area contributed by atoms with Gasteiger partial charge in [0.1, 0.15) is 0 Å². The predicted octanol–water partition coefficient (Wildman–Crippen LogP) is 1.60. The van der Waals surface area contributed by atoms with Gasteiger partial charge in [0, 0.05) is 11.8 Å². The van der Waals surface area contributed by atoms with Crippen molar-refractivity contribution in [3.8, 4) is 0 Å². The lowest BCUT2D eigenvalue weighted by Crippen LogP contribution is -2.08. The maximum Gasteiger partial charge on any atom is 0.0875 e. The molecule has 0 saturated carbocycles. The topological polar surface area (TPSA) is 37.3 Å². The lowest BCUT2D eigenvalue weighted by molar-refractivity contribution is 0.815. The van der Waals surface area contributed by atoms with Gasteiger partial charge in [0.15, 0.2) is 0 Å². The summed E-state index contributed by atoms with van der Waals surface area (Å²) in [7, 11) is 0. The molecular weight excluding hydrogens is 138 g/mol. The molecule has 3 nitrogen and oxygen atoms in total. The first-order valence-electron chi connectivity index (χ1n) is 3.60. The Morgan fingerprint density at radius 2 is 2.45 bits per heavy atom. The molecule has 0 aliphatic carbocycles. The number of fused-ring (bicyclic) bond motifs is 1. The summed E-state index contributed by atoms with van der Waals surface area (Å²) in [4.78, 5) is 8.22. The molecule has 11 heavy (non-hydrogen) atoms. The monoisotopic (exact) mass is 147 g/mol. The van der Waals surface area contributed by atoms with Crippen molar-refractivity contribution in [2.45, 2.75) is 13.0 Å². The minimum Gasteiger partial charge on any atom is -0.345 e. The largest absolute Gasteiger partial charge is 0.345 e. The van der Waals surface area contributed by atoms with Crippen LogP contribution in [0.5, 0.6) is 0 Å². The van der Waals surface area contributed by atoms with Gasteiger partial charge in [-0.15, -0.1) is 0 Å². The molecule has 0 aromatic carbocycles. The SMILES string of the molecule is C[C@H]1N=CNc2cnccc21. The van der Waals surface area contributed by atoms with E-state index < -0.39 is 0 Å². The Balaban J connectivity index is 2.50. The molecule has 0 saturated heterocycles. The summed E-state index contributed by atoms with van der Waals surface area (Å²) < 4.78 is 0. The zero-order valence-corrected chi connectivity index (χ0v) is 6.28. The van der Waals surface area contributed by atoms with E-state index in [1.165, 1.54) is 5.56 Å². The third-order valence-corrected chi connectivity index (χ3v) is 1.82. The molecule has 1 atom stereocenters. The van der Waals surface area contributed by atoms with Gasteiger partial charge in [-0.25, -0.2) is 0 Å². The smallest absolute Gasteiger partial charge is 0.0875 e. The minimum atomic E-state index is 0.259. The Labute approximate surface area is 65.2 Å². The Kier molecular flexibility index (Phi) is 1.35. The molecule has 2 heterocycles. The molecule has 1 aromatic heterocycles. The van der Waals surface area contributed by atoms with Crippen molar-refractivity contribution in [1.29, 1.82) is 0 Å². The number of nitrogens with one attached hydrogen (secondary N) is 1. The summed E-state index contributed by atoms with van der Waals surface area (Å²) in [6.07, 6.45) is 5.32. The molecule has 56 valence electrons. The molecule has 0 fully saturated rings. The van der Waals surface area contributed by atoms with Crippen molar-refractivity contribution in [1.82, 2.24) is 4.98 Å². The molecule has 1 aliphatic rings. The van der Waals surface area contributed by atoms with Crippen LogP contribution in [0.25, 0.3) is 0 Å². The molecule has 3 heteroatoms.